The molecule has 0 spiro atoms. The second kappa shape index (κ2) is 7.40. The number of nitrogens with zero attached hydrogens (tertiary/aromatic N) is 2. The Morgan fingerprint density at radius 1 is 1.35 bits per heavy atom. The molecule has 1 aliphatic rings. The average molecular weight is 280 g/mol. The van der Waals surface area contributed by atoms with Gasteiger partial charge in [0.1, 0.15) is 18.2 Å². The second-order valence-electron chi connectivity index (χ2n) is 5.40. The van der Waals surface area contributed by atoms with Gasteiger partial charge in [0.15, 0.2) is 5.82 Å². The van der Waals surface area contributed by atoms with Crippen molar-refractivity contribution in [3.63, 3.8) is 0 Å². The number of nitrogens with two attached hydrogens (primary N) is 1. The van der Waals surface area contributed by atoms with Crippen molar-refractivity contribution in [2.75, 3.05) is 31.3 Å². The van der Waals surface area contributed by atoms with Crippen molar-refractivity contribution in [2.24, 2.45) is 11.8 Å². The molecule has 1 heterocycles. The van der Waals surface area contributed by atoms with E-state index in [1.807, 2.05) is 0 Å². The van der Waals surface area contributed by atoms with Crippen LogP contribution in [0.5, 0.6) is 0 Å². The van der Waals surface area contributed by atoms with Crippen molar-refractivity contribution in [3.05, 3.63) is 11.9 Å². The lowest BCUT2D eigenvalue weighted by molar-refractivity contribution is 0.141. The Balaban J connectivity index is 1.95. The topological polar surface area (TPSA) is 93.3 Å². The Bertz CT molecular complexity index is 428. The van der Waals surface area contributed by atoms with Crippen molar-refractivity contribution in [2.45, 2.75) is 32.3 Å². The molecule has 0 bridgehead atoms. The molecule has 1 aliphatic carbocycles. The predicted octanol–water partition coefficient (Wildman–Crippen LogP) is 1.42. The summed E-state index contributed by atoms with van der Waals surface area (Å²) >= 11 is 0. The zero-order valence-electron chi connectivity index (χ0n) is 12.0. The van der Waals surface area contributed by atoms with Crippen molar-refractivity contribution in [1.82, 2.24) is 9.97 Å². The average Bonchev–Trinajstić information content (AvgIpc) is 2.45. The van der Waals surface area contributed by atoms with Gasteiger partial charge < -0.3 is 20.9 Å². The van der Waals surface area contributed by atoms with Gasteiger partial charge in [0, 0.05) is 26.3 Å². The van der Waals surface area contributed by atoms with Crippen LogP contribution in [0.4, 0.5) is 11.6 Å². The van der Waals surface area contributed by atoms with Crippen LogP contribution in [0.25, 0.3) is 0 Å². The third-order valence-corrected chi connectivity index (χ3v) is 3.91. The van der Waals surface area contributed by atoms with Crippen molar-refractivity contribution >= 4 is 11.6 Å². The molecule has 2 unspecified atom stereocenters. The van der Waals surface area contributed by atoms with E-state index in [0.717, 1.165) is 25.2 Å². The molecule has 0 aliphatic heterocycles. The van der Waals surface area contributed by atoms with E-state index < -0.39 is 0 Å². The lowest BCUT2D eigenvalue weighted by atomic mass is 9.79. The summed E-state index contributed by atoms with van der Waals surface area (Å²) < 4.78 is 5.03. The molecular formula is C14H24N4O2. The first-order chi connectivity index (χ1) is 9.72. The summed E-state index contributed by atoms with van der Waals surface area (Å²) in [6.07, 6.45) is 4.73. The van der Waals surface area contributed by atoms with Crippen LogP contribution in [0.3, 0.4) is 0 Å². The number of aliphatic hydroxyl groups is 1. The Morgan fingerprint density at radius 2 is 2.10 bits per heavy atom. The van der Waals surface area contributed by atoms with Crippen LogP contribution in [-0.2, 0) is 11.3 Å². The molecule has 1 aromatic rings. The highest BCUT2D eigenvalue weighted by Gasteiger charge is 2.24. The summed E-state index contributed by atoms with van der Waals surface area (Å²) in [6.45, 7) is 1.43. The predicted molar refractivity (Wildman–Crippen MR) is 78.2 cm³/mol. The number of hydrogen-bond donors (Lipinski definition) is 3. The first-order valence-corrected chi connectivity index (χ1v) is 7.20. The third kappa shape index (κ3) is 4.05. The highest BCUT2D eigenvalue weighted by Crippen LogP contribution is 2.29. The van der Waals surface area contributed by atoms with E-state index in [4.69, 9.17) is 10.5 Å². The minimum absolute atomic E-state index is 0.271. The number of rotatable bonds is 6. The summed E-state index contributed by atoms with van der Waals surface area (Å²) in [5.74, 6) is 2.64. The molecule has 2 atom stereocenters. The quantitative estimate of drug-likeness (QED) is 0.729. The van der Waals surface area contributed by atoms with Crippen molar-refractivity contribution in [3.8, 4) is 0 Å². The normalized spacial score (nSPS) is 22.7. The Kier molecular flexibility index (Phi) is 5.55. The second-order valence-corrected chi connectivity index (χ2v) is 5.40. The fourth-order valence-corrected chi connectivity index (χ4v) is 2.83. The van der Waals surface area contributed by atoms with Crippen LogP contribution in [0, 0.1) is 11.8 Å². The third-order valence-electron chi connectivity index (χ3n) is 3.91. The Morgan fingerprint density at radius 3 is 2.80 bits per heavy atom. The van der Waals surface area contributed by atoms with Crippen LogP contribution >= 0.6 is 0 Å². The van der Waals surface area contributed by atoms with Crippen LogP contribution in [0.1, 0.15) is 31.5 Å². The van der Waals surface area contributed by atoms with E-state index in [0.29, 0.717) is 30.1 Å². The van der Waals surface area contributed by atoms with Crippen LogP contribution < -0.4 is 11.1 Å². The molecule has 4 N–H and O–H groups in total. The van der Waals surface area contributed by atoms with Gasteiger partial charge in [0.05, 0.1) is 0 Å². The number of nitrogens with one attached hydrogen (secondary N) is 1. The van der Waals surface area contributed by atoms with Gasteiger partial charge >= 0.3 is 0 Å². The number of aromatic nitrogens is 2. The summed E-state index contributed by atoms with van der Waals surface area (Å²) in [7, 11) is 1.60. The SMILES string of the molecule is COCc1nc(N)cc(NCC2CCCCC2CO)n1. The minimum atomic E-state index is 0.271. The molecule has 6 heteroatoms. The van der Waals surface area contributed by atoms with Gasteiger partial charge in [-0.05, 0) is 24.7 Å². The van der Waals surface area contributed by atoms with E-state index in [-0.39, 0.29) is 6.61 Å². The van der Waals surface area contributed by atoms with E-state index in [1.54, 1.807) is 13.2 Å². The first-order valence-electron chi connectivity index (χ1n) is 7.20. The van der Waals surface area contributed by atoms with E-state index in [1.165, 1.54) is 12.8 Å². The number of hydrogen-bond acceptors (Lipinski definition) is 6. The fourth-order valence-electron chi connectivity index (χ4n) is 2.83. The van der Waals surface area contributed by atoms with Gasteiger partial charge in [-0.3, -0.25) is 0 Å². The highest BCUT2D eigenvalue weighted by molar-refractivity contribution is 5.44. The van der Waals surface area contributed by atoms with Gasteiger partial charge in [0.2, 0.25) is 0 Å². The number of methoxy groups -OCH3 is 1. The molecule has 2 rings (SSSR count). The van der Waals surface area contributed by atoms with Crippen LogP contribution in [-0.4, -0.2) is 35.3 Å². The molecule has 1 saturated carbocycles. The van der Waals surface area contributed by atoms with Crippen LogP contribution in [0.15, 0.2) is 6.07 Å². The van der Waals surface area contributed by atoms with E-state index in [2.05, 4.69) is 15.3 Å². The van der Waals surface area contributed by atoms with E-state index >= 15 is 0 Å². The number of anilines is 2. The molecular weight excluding hydrogens is 256 g/mol. The van der Waals surface area contributed by atoms with Gasteiger partial charge in [-0.15, -0.1) is 0 Å². The lowest BCUT2D eigenvalue weighted by Gasteiger charge is -2.30. The summed E-state index contributed by atoms with van der Waals surface area (Å²) in [6, 6.07) is 1.73. The maximum Gasteiger partial charge on any atom is 0.158 e. The molecule has 0 aromatic carbocycles. The standard InChI is InChI=1S/C14H24N4O2/c1-20-9-14-17-12(15)6-13(18-14)16-7-10-4-2-3-5-11(10)8-19/h6,10-11,19H,2-5,7-9H2,1H3,(H3,15,16,17,18). The summed E-state index contributed by atoms with van der Waals surface area (Å²) in [4.78, 5) is 8.48. The fraction of sp³-hybridized carbons (Fsp3) is 0.714. The number of aliphatic hydroxyl groups excluding tert-OH is 1. The smallest absolute Gasteiger partial charge is 0.158 e. The maximum atomic E-state index is 9.43. The van der Waals surface area contributed by atoms with Gasteiger partial charge in [-0.2, -0.15) is 0 Å². The van der Waals surface area contributed by atoms with E-state index in [9.17, 15) is 5.11 Å². The highest BCUT2D eigenvalue weighted by atomic mass is 16.5. The van der Waals surface area contributed by atoms with Crippen molar-refractivity contribution in [1.29, 1.82) is 0 Å². The molecule has 0 saturated heterocycles. The van der Waals surface area contributed by atoms with Gasteiger partial charge in [-0.25, -0.2) is 9.97 Å². The minimum Gasteiger partial charge on any atom is -0.396 e. The molecule has 20 heavy (non-hydrogen) atoms. The van der Waals surface area contributed by atoms with Gasteiger partial charge in [-0.1, -0.05) is 12.8 Å². The molecule has 1 aromatic heterocycles. The molecule has 0 radical (unpaired) electrons. The molecule has 1 fully saturated rings. The number of ether oxygens (including phenoxy) is 1. The van der Waals surface area contributed by atoms with Gasteiger partial charge in [0.25, 0.3) is 0 Å². The zero-order chi connectivity index (χ0) is 14.4. The summed E-state index contributed by atoms with van der Waals surface area (Å²) in [5, 5.41) is 12.7. The van der Waals surface area contributed by atoms with Crippen molar-refractivity contribution < 1.29 is 9.84 Å². The number of nitrogen functional groups attached to an aromatic ring is 1. The first kappa shape index (κ1) is 15.0. The summed E-state index contributed by atoms with van der Waals surface area (Å²) in [5.41, 5.74) is 5.77. The Hall–Kier alpha value is -1.40. The zero-order valence-corrected chi connectivity index (χ0v) is 12.0. The lowest BCUT2D eigenvalue weighted by Crippen LogP contribution is -2.29. The van der Waals surface area contributed by atoms with Crippen LogP contribution in [0.2, 0.25) is 0 Å². The Labute approximate surface area is 119 Å². The molecule has 6 nitrogen and oxygen atoms in total. The monoisotopic (exact) mass is 280 g/mol. The molecule has 0 amide bonds. The molecule has 112 valence electrons. The largest absolute Gasteiger partial charge is 0.396 e. The maximum absolute atomic E-state index is 9.43.